The normalized spacial score (nSPS) is 15.4. The summed E-state index contributed by atoms with van der Waals surface area (Å²) in [4.78, 5) is 2.48. The SMILES string of the molecule is C#C/C(=C\CCC)c1ccc2c(c1)C(C)(C)c1ccc(-c3cccc(N(C4=CC=C(c5ccccc5)CC4)c4ccc(-c5ccc(C)c(C6=C(C(C)CC)CCC=C6)c5)cc4)c3)cc1-2.CC. The van der Waals surface area contributed by atoms with Crippen molar-refractivity contribution in [3.05, 3.63) is 208 Å². The Hall–Kier alpha value is -6.62. The van der Waals surface area contributed by atoms with Crippen LogP contribution >= 0.6 is 0 Å². The molecule has 6 aromatic rings. The molecule has 1 heteroatoms. The first-order valence-electron chi connectivity index (χ1n) is 24.6. The molecule has 3 aliphatic rings. The molecule has 0 saturated heterocycles. The largest absolute Gasteiger partial charge is 0.314 e. The number of hydrogen-bond acceptors (Lipinski definition) is 1. The highest BCUT2D eigenvalue weighted by Crippen LogP contribution is 2.51. The Balaban J connectivity index is 0.00000292. The van der Waals surface area contributed by atoms with E-state index >= 15 is 0 Å². The van der Waals surface area contributed by atoms with Gasteiger partial charge in [-0.05, 0) is 178 Å². The number of rotatable bonds is 12. The molecule has 0 radical (unpaired) electrons. The number of nitrogens with zero attached hydrogens (tertiary/aromatic N) is 1. The van der Waals surface area contributed by atoms with E-state index < -0.39 is 0 Å². The Kier molecular flexibility index (Phi) is 14.1. The highest BCUT2D eigenvalue weighted by atomic mass is 15.1. The molecule has 0 N–H and O–H groups in total. The monoisotopic (exact) mass is 862 g/mol. The van der Waals surface area contributed by atoms with E-state index in [1.165, 1.54) is 84.5 Å². The van der Waals surface area contributed by atoms with Crippen LogP contribution in [0.4, 0.5) is 11.4 Å². The zero-order valence-corrected chi connectivity index (χ0v) is 40.6. The number of unbranched alkanes of at least 4 members (excludes halogenated alkanes) is 1. The van der Waals surface area contributed by atoms with Gasteiger partial charge in [-0.25, -0.2) is 0 Å². The van der Waals surface area contributed by atoms with Crippen molar-refractivity contribution in [1.29, 1.82) is 0 Å². The van der Waals surface area contributed by atoms with Gasteiger partial charge in [-0.15, -0.1) is 6.42 Å². The number of aryl methyl sites for hydroxylation is 1. The molecule has 1 unspecified atom stereocenters. The first-order valence-corrected chi connectivity index (χ1v) is 24.6. The van der Waals surface area contributed by atoms with Crippen LogP contribution in [0, 0.1) is 25.2 Å². The molecule has 0 bridgehead atoms. The van der Waals surface area contributed by atoms with Crippen LogP contribution in [0.1, 0.15) is 127 Å². The Bertz CT molecular complexity index is 2920. The molecule has 1 atom stereocenters. The minimum absolute atomic E-state index is 0.130. The first-order chi connectivity index (χ1) is 32.2. The van der Waals surface area contributed by atoms with E-state index in [2.05, 4.69) is 216 Å². The van der Waals surface area contributed by atoms with Gasteiger partial charge in [0, 0.05) is 28.1 Å². The van der Waals surface area contributed by atoms with Crippen LogP contribution in [0.2, 0.25) is 0 Å². The van der Waals surface area contributed by atoms with Crippen molar-refractivity contribution in [3.8, 4) is 45.7 Å². The van der Waals surface area contributed by atoms with Gasteiger partial charge in [0.15, 0.2) is 0 Å². The summed E-state index contributed by atoms with van der Waals surface area (Å²) in [6.45, 7) is 17.8. The number of anilines is 2. The van der Waals surface area contributed by atoms with Crippen LogP contribution in [0.5, 0.6) is 0 Å². The molecule has 0 heterocycles. The number of allylic oxidation sites excluding steroid dienone is 10. The van der Waals surface area contributed by atoms with Crippen molar-refractivity contribution in [3.63, 3.8) is 0 Å². The molecular weight excluding hydrogens is 795 g/mol. The Labute approximate surface area is 397 Å². The number of fused-ring (bicyclic) bond motifs is 3. The summed E-state index contributed by atoms with van der Waals surface area (Å²) in [6.07, 6.45) is 25.1. The maximum atomic E-state index is 6.02. The van der Waals surface area contributed by atoms with Gasteiger partial charge in [0.1, 0.15) is 0 Å². The Morgan fingerprint density at radius 1 is 0.682 bits per heavy atom. The Morgan fingerprint density at radius 3 is 2.12 bits per heavy atom. The van der Waals surface area contributed by atoms with Crippen LogP contribution < -0.4 is 4.90 Å². The van der Waals surface area contributed by atoms with Gasteiger partial charge in [-0.2, -0.15) is 0 Å². The number of benzene rings is 6. The van der Waals surface area contributed by atoms with Crippen molar-refractivity contribution >= 4 is 28.1 Å². The van der Waals surface area contributed by atoms with E-state index in [0.29, 0.717) is 5.92 Å². The lowest BCUT2D eigenvalue weighted by Crippen LogP contribution is -2.18. The maximum Gasteiger partial charge on any atom is 0.0464 e. The summed E-state index contributed by atoms with van der Waals surface area (Å²) in [6, 6.07) is 50.1. The van der Waals surface area contributed by atoms with E-state index in [9.17, 15) is 0 Å². The maximum absolute atomic E-state index is 6.02. The fraction of sp³-hybridized carbons (Fsp3) is 0.262. The van der Waals surface area contributed by atoms with E-state index in [1.54, 1.807) is 5.57 Å². The van der Waals surface area contributed by atoms with Crippen LogP contribution in [-0.2, 0) is 5.41 Å². The zero-order chi connectivity index (χ0) is 46.4. The van der Waals surface area contributed by atoms with Gasteiger partial charge >= 0.3 is 0 Å². The van der Waals surface area contributed by atoms with Crippen molar-refractivity contribution in [2.45, 2.75) is 106 Å². The highest BCUT2D eigenvalue weighted by molar-refractivity contribution is 5.89. The topological polar surface area (TPSA) is 3.24 Å². The van der Waals surface area contributed by atoms with Crippen LogP contribution in [0.15, 0.2) is 175 Å². The molecule has 3 aliphatic carbocycles. The van der Waals surface area contributed by atoms with E-state index in [1.807, 2.05) is 13.8 Å². The second-order valence-electron chi connectivity index (χ2n) is 18.6. The van der Waals surface area contributed by atoms with Gasteiger partial charge in [-0.3, -0.25) is 0 Å². The third kappa shape index (κ3) is 9.13. The summed E-state index contributed by atoms with van der Waals surface area (Å²) in [5, 5.41) is 0. The summed E-state index contributed by atoms with van der Waals surface area (Å²) in [5.41, 5.74) is 24.2. The van der Waals surface area contributed by atoms with Crippen molar-refractivity contribution < 1.29 is 0 Å². The average molecular weight is 862 g/mol. The third-order valence-corrected chi connectivity index (χ3v) is 14.2. The molecule has 0 fully saturated rings. The molecule has 6 aromatic carbocycles. The zero-order valence-electron chi connectivity index (χ0n) is 40.6. The highest BCUT2D eigenvalue weighted by Gasteiger charge is 2.36. The van der Waals surface area contributed by atoms with Crippen molar-refractivity contribution in [2.75, 3.05) is 4.90 Å². The summed E-state index contributed by atoms with van der Waals surface area (Å²) in [5.74, 6) is 3.54. The van der Waals surface area contributed by atoms with Gasteiger partial charge < -0.3 is 4.90 Å². The predicted molar refractivity (Wildman–Crippen MR) is 288 cm³/mol. The molecule has 66 heavy (non-hydrogen) atoms. The quantitative estimate of drug-likeness (QED) is 0.111. The number of hydrogen-bond donors (Lipinski definition) is 0. The van der Waals surface area contributed by atoms with Gasteiger partial charge in [0.05, 0.1) is 0 Å². The minimum Gasteiger partial charge on any atom is -0.314 e. The third-order valence-electron chi connectivity index (χ3n) is 14.2. The fourth-order valence-electron chi connectivity index (χ4n) is 10.3. The second kappa shape index (κ2) is 20.3. The van der Waals surface area contributed by atoms with Crippen LogP contribution in [0.25, 0.3) is 50.1 Å². The van der Waals surface area contributed by atoms with Crippen LogP contribution in [-0.4, -0.2) is 0 Å². The lowest BCUT2D eigenvalue weighted by atomic mass is 9.81. The second-order valence-corrected chi connectivity index (χ2v) is 18.6. The molecular formula is C65H67N. The molecule has 1 nitrogen and oxygen atoms in total. The molecule has 0 aliphatic heterocycles. The lowest BCUT2D eigenvalue weighted by molar-refractivity contribution is 0.625. The van der Waals surface area contributed by atoms with Crippen molar-refractivity contribution in [2.24, 2.45) is 5.92 Å². The Morgan fingerprint density at radius 2 is 1.39 bits per heavy atom. The number of terminal acetylenes is 1. The first kappa shape index (κ1) is 45.9. The van der Waals surface area contributed by atoms with Crippen molar-refractivity contribution in [1.82, 2.24) is 0 Å². The van der Waals surface area contributed by atoms with E-state index in [-0.39, 0.29) is 5.41 Å². The van der Waals surface area contributed by atoms with Crippen LogP contribution in [0.3, 0.4) is 0 Å². The summed E-state index contributed by atoms with van der Waals surface area (Å²) in [7, 11) is 0. The summed E-state index contributed by atoms with van der Waals surface area (Å²) < 4.78 is 0. The minimum atomic E-state index is -0.130. The van der Waals surface area contributed by atoms with E-state index in [4.69, 9.17) is 6.42 Å². The smallest absolute Gasteiger partial charge is 0.0464 e. The molecule has 0 amide bonds. The lowest BCUT2D eigenvalue weighted by Gasteiger charge is -2.30. The fourth-order valence-corrected chi connectivity index (χ4v) is 10.3. The van der Waals surface area contributed by atoms with Gasteiger partial charge in [0.2, 0.25) is 0 Å². The summed E-state index contributed by atoms with van der Waals surface area (Å²) >= 11 is 0. The average Bonchev–Trinajstić information content (AvgIpc) is 3.60. The molecule has 9 rings (SSSR count). The molecule has 332 valence electrons. The predicted octanol–water partition coefficient (Wildman–Crippen LogP) is 18.5. The van der Waals surface area contributed by atoms with E-state index in [0.717, 1.165) is 61.0 Å². The molecule has 0 spiro atoms. The van der Waals surface area contributed by atoms with Gasteiger partial charge in [0.25, 0.3) is 0 Å². The van der Waals surface area contributed by atoms with Gasteiger partial charge in [-0.1, -0.05) is 182 Å². The molecule has 0 saturated carbocycles. The molecule has 0 aromatic heterocycles. The standard InChI is InChI=1S/C63H61N.C2H6/c1-8-11-18-45(10-3)52-31-37-58-60-41-51(32-38-61(60)63(6,7)62(58)42-52)49-21-17-22-55(39-49)64(53-33-27-47(28-34-53)46-19-13-12-14-20-46)54-35-29-48(30-36-54)50-26-25-44(5)59(40-50)57-24-16-15-23-56(57)43(4)9-2;1-2/h3,12-14,16-22,24-27,29-33,35-43H,8-9,11,15,23,28,34H2,1-2,4-7H3;1-2H3/b45-18+;.